The lowest BCUT2D eigenvalue weighted by molar-refractivity contribution is -0.386. The Bertz CT molecular complexity index is 895. The van der Waals surface area contributed by atoms with Crippen molar-refractivity contribution in [2.45, 2.75) is 13.5 Å². The number of ether oxygens (including phenoxy) is 1. The molecule has 0 saturated carbocycles. The standard InChI is InChI=1S/C16H12ClN3O4/c1-10-6-7-14(13(8-10)20(21)22)23-9-15-18-19-16(24-15)11-4-2-3-5-12(11)17/h2-8H,9H2,1H3. The Hall–Kier alpha value is -2.93. The fraction of sp³-hybridized carbons (Fsp3) is 0.125. The Morgan fingerprint density at radius 2 is 2.04 bits per heavy atom. The Kier molecular flexibility index (Phi) is 4.43. The number of nitro groups is 1. The molecule has 24 heavy (non-hydrogen) atoms. The van der Waals surface area contributed by atoms with E-state index in [-0.39, 0.29) is 29.8 Å². The van der Waals surface area contributed by atoms with Gasteiger partial charge in [0.25, 0.3) is 5.89 Å². The van der Waals surface area contributed by atoms with E-state index in [4.69, 9.17) is 20.8 Å². The minimum absolute atomic E-state index is 0.0820. The Labute approximate surface area is 142 Å². The summed E-state index contributed by atoms with van der Waals surface area (Å²) in [6, 6.07) is 11.8. The molecule has 3 aromatic rings. The lowest BCUT2D eigenvalue weighted by Crippen LogP contribution is -1.99. The van der Waals surface area contributed by atoms with Gasteiger partial charge >= 0.3 is 5.69 Å². The van der Waals surface area contributed by atoms with E-state index >= 15 is 0 Å². The summed E-state index contributed by atoms with van der Waals surface area (Å²) in [6.45, 7) is 1.69. The first-order valence-electron chi connectivity index (χ1n) is 6.99. The molecule has 7 nitrogen and oxygen atoms in total. The number of nitro benzene ring substituents is 1. The van der Waals surface area contributed by atoms with Crippen molar-refractivity contribution in [2.24, 2.45) is 0 Å². The first-order valence-corrected chi connectivity index (χ1v) is 7.37. The van der Waals surface area contributed by atoms with Gasteiger partial charge < -0.3 is 9.15 Å². The fourth-order valence-electron chi connectivity index (χ4n) is 2.09. The number of aromatic nitrogens is 2. The van der Waals surface area contributed by atoms with E-state index in [1.165, 1.54) is 6.07 Å². The average Bonchev–Trinajstić information content (AvgIpc) is 3.02. The SMILES string of the molecule is Cc1ccc(OCc2nnc(-c3ccccc3Cl)o2)c([N+](=O)[O-])c1. The summed E-state index contributed by atoms with van der Waals surface area (Å²) in [5.74, 6) is 0.598. The molecule has 0 unspecified atom stereocenters. The van der Waals surface area contributed by atoms with E-state index in [0.29, 0.717) is 10.6 Å². The van der Waals surface area contributed by atoms with Gasteiger partial charge in [0.1, 0.15) is 0 Å². The van der Waals surface area contributed by atoms with Crippen LogP contribution < -0.4 is 4.74 Å². The molecule has 1 aromatic heterocycles. The second-order valence-corrected chi connectivity index (χ2v) is 5.40. The van der Waals surface area contributed by atoms with E-state index in [2.05, 4.69) is 10.2 Å². The van der Waals surface area contributed by atoms with Gasteiger partial charge in [0.2, 0.25) is 5.89 Å². The summed E-state index contributed by atoms with van der Waals surface area (Å²) in [5, 5.41) is 19.3. The van der Waals surface area contributed by atoms with Crippen LogP contribution in [0.3, 0.4) is 0 Å². The van der Waals surface area contributed by atoms with Gasteiger partial charge in [-0.1, -0.05) is 29.8 Å². The van der Waals surface area contributed by atoms with Gasteiger partial charge in [-0.25, -0.2) is 0 Å². The van der Waals surface area contributed by atoms with Crippen molar-refractivity contribution in [1.82, 2.24) is 10.2 Å². The molecule has 1 heterocycles. The molecule has 0 spiro atoms. The average molecular weight is 346 g/mol. The summed E-state index contributed by atoms with van der Waals surface area (Å²) in [4.78, 5) is 10.6. The molecule has 0 saturated heterocycles. The summed E-state index contributed by atoms with van der Waals surface area (Å²) < 4.78 is 10.9. The molecule has 0 aliphatic heterocycles. The zero-order valence-electron chi connectivity index (χ0n) is 12.6. The monoisotopic (exact) mass is 345 g/mol. The highest BCUT2D eigenvalue weighted by molar-refractivity contribution is 6.33. The maximum absolute atomic E-state index is 11.1. The van der Waals surface area contributed by atoms with Crippen molar-refractivity contribution in [3.8, 4) is 17.2 Å². The maximum Gasteiger partial charge on any atom is 0.311 e. The van der Waals surface area contributed by atoms with E-state index < -0.39 is 4.92 Å². The Morgan fingerprint density at radius 3 is 2.79 bits per heavy atom. The van der Waals surface area contributed by atoms with Gasteiger partial charge in [-0.3, -0.25) is 10.1 Å². The van der Waals surface area contributed by atoms with Crippen LogP contribution in [0.15, 0.2) is 46.9 Å². The lowest BCUT2D eigenvalue weighted by Gasteiger charge is -2.04. The molecule has 0 atom stereocenters. The van der Waals surface area contributed by atoms with Crippen molar-refractivity contribution < 1.29 is 14.1 Å². The van der Waals surface area contributed by atoms with Crippen molar-refractivity contribution >= 4 is 17.3 Å². The number of hydrogen-bond donors (Lipinski definition) is 0. The van der Waals surface area contributed by atoms with Crippen molar-refractivity contribution in [1.29, 1.82) is 0 Å². The quantitative estimate of drug-likeness (QED) is 0.508. The predicted molar refractivity (Wildman–Crippen MR) is 86.9 cm³/mol. The van der Waals surface area contributed by atoms with Gasteiger partial charge in [-0.2, -0.15) is 0 Å². The number of rotatable bonds is 5. The van der Waals surface area contributed by atoms with Gasteiger partial charge in [-0.15, -0.1) is 10.2 Å². The van der Waals surface area contributed by atoms with Crippen LogP contribution in [0.4, 0.5) is 5.69 Å². The molecule has 0 aliphatic rings. The molecule has 2 aromatic carbocycles. The maximum atomic E-state index is 11.1. The number of halogens is 1. The Balaban J connectivity index is 1.77. The number of hydrogen-bond acceptors (Lipinski definition) is 6. The van der Waals surface area contributed by atoms with Gasteiger partial charge in [0.05, 0.1) is 15.5 Å². The van der Waals surface area contributed by atoms with E-state index in [9.17, 15) is 10.1 Å². The topological polar surface area (TPSA) is 91.3 Å². The first-order chi connectivity index (χ1) is 11.5. The molecule has 0 amide bonds. The lowest BCUT2D eigenvalue weighted by atomic mass is 10.2. The molecular weight excluding hydrogens is 334 g/mol. The Morgan fingerprint density at radius 1 is 1.25 bits per heavy atom. The predicted octanol–water partition coefficient (Wildman–Crippen LogP) is 4.19. The second-order valence-electron chi connectivity index (χ2n) is 5.00. The van der Waals surface area contributed by atoms with Gasteiger partial charge in [0.15, 0.2) is 12.4 Å². The van der Waals surface area contributed by atoms with E-state index in [1.807, 2.05) is 0 Å². The van der Waals surface area contributed by atoms with E-state index in [0.717, 1.165) is 5.56 Å². The summed E-state index contributed by atoms with van der Waals surface area (Å²) in [6.07, 6.45) is 0. The van der Waals surface area contributed by atoms with Crippen LogP contribution in [0.25, 0.3) is 11.5 Å². The molecule has 3 rings (SSSR count). The summed E-state index contributed by atoms with van der Waals surface area (Å²) >= 11 is 6.08. The smallest absolute Gasteiger partial charge is 0.311 e. The number of benzene rings is 2. The van der Waals surface area contributed by atoms with Crippen LogP contribution in [0.1, 0.15) is 11.5 Å². The van der Waals surface area contributed by atoms with Crippen LogP contribution in [0, 0.1) is 17.0 Å². The van der Waals surface area contributed by atoms with Gasteiger partial charge in [0, 0.05) is 6.07 Å². The van der Waals surface area contributed by atoms with Crippen LogP contribution in [0.5, 0.6) is 5.75 Å². The minimum Gasteiger partial charge on any atom is -0.477 e. The highest BCUT2D eigenvalue weighted by atomic mass is 35.5. The summed E-state index contributed by atoms with van der Waals surface area (Å²) in [5.41, 5.74) is 1.27. The molecule has 0 N–H and O–H groups in total. The molecule has 8 heteroatoms. The third kappa shape index (κ3) is 3.36. The molecule has 0 fully saturated rings. The first kappa shape index (κ1) is 15.9. The fourth-order valence-corrected chi connectivity index (χ4v) is 2.30. The highest BCUT2D eigenvalue weighted by Gasteiger charge is 2.17. The zero-order chi connectivity index (χ0) is 17.1. The number of aryl methyl sites for hydroxylation is 1. The van der Waals surface area contributed by atoms with Crippen LogP contribution >= 0.6 is 11.6 Å². The minimum atomic E-state index is -0.495. The van der Waals surface area contributed by atoms with Crippen molar-refractivity contribution in [2.75, 3.05) is 0 Å². The normalized spacial score (nSPS) is 10.6. The van der Waals surface area contributed by atoms with Crippen molar-refractivity contribution in [3.05, 3.63) is 69.1 Å². The number of nitrogens with zero attached hydrogens (tertiary/aromatic N) is 3. The summed E-state index contributed by atoms with van der Waals surface area (Å²) in [7, 11) is 0. The van der Waals surface area contributed by atoms with Crippen LogP contribution in [0.2, 0.25) is 5.02 Å². The zero-order valence-corrected chi connectivity index (χ0v) is 13.4. The third-order valence-corrected chi connectivity index (χ3v) is 3.56. The van der Waals surface area contributed by atoms with Crippen molar-refractivity contribution in [3.63, 3.8) is 0 Å². The molecule has 0 radical (unpaired) electrons. The largest absolute Gasteiger partial charge is 0.477 e. The molecule has 0 aliphatic carbocycles. The van der Waals surface area contributed by atoms with Crippen LogP contribution in [-0.2, 0) is 6.61 Å². The van der Waals surface area contributed by atoms with Gasteiger partial charge in [-0.05, 0) is 30.7 Å². The second kappa shape index (κ2) is 6.67. The third-order valence-electron chi connectivity index (χ3n) is 3.23. The van der Waals surface area contributed by atoms with Crippen LogP contribution in [-0.4, -0.2) is 15.1 Å². The molecule has 122 valence electrons. The van der Waals surface area contributed by atoms with E-state index in [1.54, 1.807) is 43.3 Å². The molecule has 0 bridgehead atoms. The highest BCUT2D eigenvalue weighted by Crippen LogP contribution is 2.29. The molecular formula is C16H12ClN3O4.